The molecule has 0 radical (unpaired) electrons. The molecule has 1 saturated carbocycles. The van der Waals surface area contributed by atoms with Gasteiger partial charge in [0.05, 0.1) is 29.8 Å². The Balaban J connectivity index is 2.12. The van der Waals surface area contributed by atoms with Gasteiger partial charge in [-0.2, -0.15) is 21.0 Å². The molecule has 4 aliphatic rings. The molecule has 0 N–H and O–H groups in total. The maximum absolute atomic E-state index is 13.0. The summed E-state index contributed by atoms with van der Waals surface area (Å²) in [4.78, 5) is 13.0. The molecule has 1 aromatic rings. The monoisotopic (exact) mass is 326 g/mol. The van der Waals surface area contributed by atoms with Crippen molar-refractivity contribution in [2.24, 2.45) is 16.7 Å². The topological polar surface area (TPSA) is 121 Å². The molecule has 1 aromatic carbocycles. The molecule has 6 nitrogen and oxygen atoms in total. The molecular formula is C19H10N4O2. The number of carbonyl (C=O) groups excluding carboxylic acids is 1. The lowest BCUT2D eigenvalue weighted by atomic mass is 9.42. The second-order valence-electron chi connectivity index (χ2n) is 6.49. The normalized spacial score (nSPS) is 29.4. The molecule has 6 heteroatoms. The van der Waals surface area contributed by atoms with E-state index in [1.807, 2.05) is 24.3 Å². The van der Waals surface area contributed by atoms with Gasteiger partial charge in [0.25, 0.3) is 0 Å². The Hall–Kier alpha value is -3.61. The number of nitrogens with zero attached hydrogens (tertiary/aromatic N) is 4. The Labute approximate surface area is 143 Å². The molecule has 0 aromatic heterocycles. The summed E-state index contributed by atoms with van der Waals surface area (Å²) >= 11 is 0. The van der Waals surface area contributed by atoms with Crippen LogP contribution < -0.4 is 4.74 Å². The smallest absolute Gasteiger partial charge is 0.219 e. The van der Waals surface area contributed by atoms with Gasteiger partial charge in [-0.3, -0.25) is 4.79 Å². The van der Waals surface area contributed by atoms with Crippen LogP contribution in [0.5, 0.6) is 5.75 Å². The van der Waals surface area contributed by atoms with Gasteiger partial charge >= 0.3 is 0 Å². The molecule has 3 aliphatic carbocycles. The number of hydrogen-bond acceptors (Lipinski definition) is 6. The van der Waals surface area contributed by atoms with Crippen molar-refractivity contribution in [3.63, 3.8) is 0 Å². The van der Waals surface area contributed by atoms with E-state index < -0.39 is 22.3 Å². The predicted molar refractivity (Wildman–Crippen MR) is 82.3 cm³/mol. The number of ketones is 1. The second-order valence-corrected chi connectivity index (χ2v) is 6.49. The Kier molecular flexibility index (Phi) is 2.68. The molecule has 1 heterocycles. The Bertz CT molecular complexity index is 999. The van der Waals surface area contributed by atoms with Crippen LogP contribution in [-0.4, -0.2) is 11.4 Å². The fourth-order valence-corrected chi connectivity index (χ4v) is 4.50. The largest absolute Gasteiger partial charge is 0.479 e. The summed E-state index contributed by atoms with van der Waals surface area (Å²) in [6.45, 7) is 0. The summed E-state index contributed by atoms with van der Waals surface area (Å²) in [7, 11) is 0. The molecule has 5 rings (SSSR count). The van der Waals surface area contributed by atoms with Crippen LogP contribution in [0.4, 0.5) is 0 Å². The number of nitriles is 4. The van der Waals surface area contributed by atoms with E-state index >= 15 is 0 Å². The summed E-state index contributed by atoms with van der Waals surface area (Å²) in [5, 5.41) is 39.4. The lowest BCUT2D eigenvalue weighted by molar-refractivity contribution is -0.0755. The average Bonchev–Trinajstić information content (AvgIpc) is 2.67. The fourth-order valence-electron chi connectivity index (χ4n) is 4.50. The molecular weight excluding hydrogens is 316 g/mol. The van der Waals surface area contributed by atoms with Crippen molar-refractivity contribution in [2.45, 2.75) is 18.4 Å². The molecule has 1 aliphatic heterocycles. The summed E-state index contributed by atoms with van der Waals surface area (Å²) < 4.78 is 6.10. The average molecular weight is 326 g/mol. The maximum atomic E-state index is 13.0. The summed E-state index contributed by atoms with van der Waals surface area (Å²) in [6, 6.07) is 14.3. The molecule has 2 bridgehead atoms. The molecule has 0 amide bonds. The minimum Gasteiger partial charge on any atom is -0.479 e. The van der Waals surface area contributed by atoms with Crippen molar-refractivity contribution >= 4 is 5.78 Å². The lowest BCUT2D eigenvalue weighted by Gasteiger charge is -2.58. The summed E-state index contributed by atoms with van der Waals surface area (Å²) in [5.74, 6) is -0.716. The number of carbonyl (C=O) groups is 1. The highest BCUT2D eigenvalue weighted by molar-refractivity contribution is 6.13. The minimum absolute atomic E-state index is 0.215. The Morgan fingerprint density at radius 1 is 1.04 bits per heavy atom. The zero-order valence-electron chi connectivity index (χ0n) is 13.0. The van der Waals surface area contributed by atoms with Crippen molar-refractivity contribution in [1.82, 2.24) is 0 Å². The molecule has 25 heavy (non-hydrogen) atoms. The predicted octanol–water partition coefficient (Wildman–Crippen LogP) is 2.42. The number of hydrogen-bond donors (Lipinski definition) is 0. The van der Waals surface area contributed by atoms with Crippen molar-refractivity contribution in [2.75, 3.05) is 0 Å². The number of benzene rings is 1. The summed E-state index contributed by atoms with van der Waals surface area (Å²) in [5.41, 5.74) is -5.00. The van der Waals surface area contributed by atoms with Gasteiger partial charge in [0, 0.05) is 11.5 Å². The van der Waals surface area contributed by atoms with Crippen LogP contribution >= 0.6 is 0 Å². The van der Waals surface area contributed by atoms with Gasteiger partial charge < -0.3 is 4.74 Å². The first-order chi connectivity index (χ1) is 12.1. The lowest BCUT2D eigenvalue weighted by Crippen LogP contribution is -2.69. The number of Topliss-reactive ketones (excluding diaryl/α,β-unsaturated/α-hetero) is 1. The van der Waals surface area contributed by atoms with Gasteiger partial charge in [0.15, 0.2) is 16.8 Å². The van der Waals surface area contributed by atoms with Crippen molar-refractivity contribution in [3.05, 3.63) is 41.5 Å². The van der Waals surface area contributed by atoms with Gasteiger partial charge in [-0.1, -0.05) is 18.2 Å². The van der Waals surface area contributed by atoms with Gasteiger partial charge in [0.2, 0.25) is 5.41 Å². The zero-order chi connectivity index (χ0) is 17.9. The second kappa shape index (κ2) is 4.47. The highest BCUT2D eigenvalue weighted by Gasteiger charge is 2.78. The third kappa shape index (κ3) is 1.32. The highest BCUT2D eigenvalue weighted by atomic mass is 16.5. The van der Waals surface area contributed by atoms with E-state index in [1.54, 1.807) is 30.3 Å². The first-order valence-corrected chi connectivity index (χ1v) is 7.76. The number of allylic oxidation sites excluding steroid dienone is 1. The molecule has 1 spiro atoms. The van der Waals surface area contributed by atoms with Crippen LogP contribution in [0.15, 0.2) is 35.9 Å². The van der Waals surface area contributed by atoms with E-state index in [9.17, 15) is 25.8 Å². The van der Waals surface area contributed by atoms with E-state index in [0.29, 0.717) is 12.0 Å². The van der Waals surface area contributed by atoms with Crippen LogP contribution in [0.1, 0.15) is 23.2 Å². The Morgan fingerprint density at radius 3 is 2.36 bits per heavy atom. The fraction of sp³-hybridized carbons (Fsp3) is 0.316. The first kappa shape index (κ1) is 14.9. The third-order valence-corrected chi connectivity index (χ3v) is 5.71. The maximum Gasteiger partial charge on any atom is 0.219 e. The van der Waals surface area contributed by atoms with E-state index in [1.165, 1.54) is 0 Å². The van der Waals surface area contributed by atoms with Crippen LogP contribution in [0.2, 0.25) is 0 Å². The molecule has 0 unspecified atom stereocenters. The van der Waals surface area contributed by atoms with Crippen LogP contribution in [0, 0.1) is 62.1 Å². The van der Waals surface area contributed by atoms with E-state index in [4.69, 9.17) is 4.74 Å². The van der Waals surface area contributed by atoms with Crippen molar-refractivity contribution in [1.29, 1.82) is 21.0 Å². The number of para-hydroxylation sites is 1. The first-order valence-electron chi connectivity index (χ1n) is 7.76. The minimum atomic E-state index is -2.08. The van der Waals surface area contributed by atoms with Crippen LogP contribution in [-0.2, 0) is 0 Å². The number of rotatable bonds is 0. The van der Waals surface area contributed by atoms with E-state index in [0.717, 1.165) is 0 Å². The molecule has 1 fully saturated rings. The van der Waals surface area contributed by atoms with E-state index in [2.05, 4.69) is 0 Å². The molecule has 2 atom stereocenters. The van der Waals surface area contributed by atoms with Gasteiger partial charge in [-0.05, 0) is 25.0 Å². The zero-order valence-corrected chi connectivity index (χ0v) is 13.0. The van der Waals surface area contributed by atoms with E-state index in [-0.39, 0.29) is 23.5 Å². The number of ether oxygens (including phenoxy) is 1. The van der Waals surface area contributed by atoms with Gasteiger partial charge in [0.1, 0.15) is 5.75 Å². The summed E-state index contributed by atoms with van der Waals surface area (Å²) in [6.07, 6.45) is 2.20. The third-order valence-electron chi connectivity index (χ3n) is 5.71. The van der Waals surface area contributed by atoms with Crippen molar-refractivity contribution in [3.8, 4) is 30.0 Å². The quantitative estimate of drug-likeness (QED) is 0.721. The van der Waals surface area contributed by atoms with Crippen molar-refractivity contribution < 1.29 is 9.53 Å². The number of fused-ring (bicyclic) bond motifs is 3. The van der Waals surface area contributed by atoms with Gasteiger partial charge in [-0.15, -0.1) is 0 Å². The molecule has 0 saturated heterocycles. The highest BCUT2D eigenvalue weighted by Crippen LogP contribution is 2.66. The standard InChI is InChI=1S/C19H10N4O2/c20-8-17(9-21)12-5-6-19(18(17,10-22)11-23)14(7-12)16(24)13-3-1-2-4-15(13)25-19/h1-4,7,12H,5-6H2/t12-,19-/m1/s1. The van der Waals surface area contributed by atoms with Gasteiger partial charge in [-0.25, -0.2) is 0 Å². The SMILES string of the molecule is N#CC1(C#N)[C@H]2C=C3C(=O)c4ccccc4O[C@@]3(CC2)C1(C#N)C#N. The Morgan fingerprint density at radius 2 is 1.72 bits per heavy atom. The van der Waals surface area contributed by atoms with Crippen LogP contribution in [0.3, 0.4) is 0 Å². The molecule has 118 valence electrons. The van der Waals surface area contributed by atoms with Crippen LogP contribution in [0.25, 0.3) is 0 Å².